The molecule has 0 saturated carbocycles. The van der Waals surface area contributed by atoms with Crippen LogP contribution < -0.4 is 5.32 Å². The largest absolute Gasteiger partial charge is 0.315 e. The SMILES string of the molecule is CC1CNCCN(C(C)C(C)(C)C)C1. The first kappa shape index (κ1) is 12.0. The van der Waals surface area contributed by atoms with Gasteiger partial charge in [0.25, 0.3) is 0 Å². The quantitative estimate of drug-likeness (QED) is 0.693. The standard InChI is InChI=1S/C12H26N2/c1-10-8-13-6-7-14(9-10)11(2)12(3,4)5/h10-11,13H,6-9H2,1-5H3. The van der Waals surface area contributed by atoms with E-state index >= 15 is 0 Å². The van der Waals surface area contributed by atoms with Gasteiger partial charge in [-0.3, -0.25) is 4.90 Å². The van der Waals surface area contributed by atoms with Gasteiger partial charge in [-0.05, 0) is 24.8 Å². The fraction of sp³-hybridized carbons (Fsp3) is 1.00. The van der Waals surface area contributed by atoms with Crippen LogP contribution in [0.3, 0.4) is 0 Å². The summed E-state index contributed by atoms with van der Waals surface area (Å²) in [7, 11) is 0. The van der Waals surface area contributed by atoms with Crippen molar-refractivity contribution >= 4 is 0 Å². The van der Waals surface area contributed by atoms with Crippen molar-refractivity contribution in [3.05, 3.63) is 0 Å². The van der Waals surface area contributed by atoms with Gasteiger partial charge in [0.05, 0.1) is 0 Å². The minimum Gasteiger partial charge on any atom is -0.315 e. The zero-order valence-electron chi connectivity index (χ0n) is 10.4. The zero-order chi connectivity index (χ0) is 10.8. The van der Waals surface area contributed by atoms with E-state index in [4.69, 9.17) is 0 Å². The van der Waals surface area contributed by atoms with Gasteiger partial charge in [0, 0.05) is 25.7 Å². The third kappa shape index (κ3) is 3.25. The Morgan fingerprint density at radius 3 is 2.57 bits per heavy atom. The number of rotatable bonds is 1. The van der Waals surface area contributed by atoms with E-state index < -0.39 is 0 Å². The van der Waals surface area contributed by atoms with Gasteiger partial charge in [-0.2, -0.15) is 0 Å². The van der Waals surface area contributed by atoms with Crippen molar-refractivity contribution < 1.29 is 0 Å². The Bertz CT molecular complexity index is 172. The molecule has 1 rings (SSSR count). The van der Waals surface area contributed by atoms with Gasteiger partial charge in [0.1, 0.15) is 0 Å². The van der Waals surface area contributed by atoms with Crippen molar-refractivity contribution in [2.24, 2.45) is 11.3 Å². The molecule has 0 bridgehead atoms. The third-order valence-electron chi connectivity index (χ3n) is 3.42. The fourth-order valence-corrected chi connectivity index (χ4v) is 2.03. The highest BCUT2D eigenvalue weighted by Gasteiger charge is 2.27. The van der Waals surface area contributed by atoms with Gasteiger partial charge in [-0.25, -0.2) is 0 Å². The summed E-state index contributed by atoms with van der Waals surface area (Å²) in [6.07, 6.45) is 0. The van der Waals surface area contributed by atoms with Gasteiger partial charge in [0.15, 0.2) is 0 Å². The summed E-state index contributed by atoms with van der Waals surface area (Å²) < 4.78 is 0. The van der Waals surface area contributed by atoms with E-state index in [2.05, 4.69) is 44.8 Å². The molecule has 1 aliphatic heterocycles. The Kier molecular flexibility index (Phi) is 3.96. The van der Waals surface area contributed by atoms with Crippen LogP contribution in [0, 0.1) is 11.3 Å². The van der Waals surface area contributed by atoms with Crippen molar-refractivity contribution in [1.82, 2.24) is 10.2 Å². The minimum absolute atomic E-state index is 0.393. The van der Waals surface area contributed by atoms with Crippen LogP contribution in [0.1, 0.15) is 34.6 Å². The number of hydrogen-bond acceptors (Lipinski definition) is 2. The second kappa shape index (κ2) is 4.63. The molecule has 0 aromatic heterocycles. The van der Waals surface area contributed by atoms with Crippen LogP contribution in [0.5, 0.6) is 0 Å². The fourth-order valence-electron chi connectivity index (χ4n) is 2.03. The topological polar surface area (TPSA) is 15.3 Å². The highest BCUT2D eigenvalue weighted by molar-refractivity contribution is 4.82. The summed E-state index contributed by atoms with van der Waals surface area (Å²) in [5.41, 5.74) is 0.393. The molecule has 1 aliphatic rings. The molecule has 0 aliphatic carbocycles. The maximum atomic E-state index is 3.49. The summed E-state index contributed by atoms with van der Waals surface area (Å²) in [4.78, 5) is 2.63. The zero-order valence-corrected chi connectivity index (χ0v) is 10.4. The molecule has 0 amide bonds. The molecule has 0 radical (unpaired) electrons. The van der Waals surface area contributed by atoms with Crippen LogP contribution in [-0.2, 0) is 0 Å². The Morgan fingerprint density at radius 2 is 2.00 bits per heavy atom. The van der Waals surface area contributed by atoms with Crippen molar-refractivity contribution in [2.75, 3.05) is 26.2 Å². The summed E-state index contributed by atoms with van der Waals surface area (Å²) in [6.45, 7) is 16.5. The maximum absolute atomic E-state index is 3.49. The first-order chi connectivity index (χ1) is 6.41. The van der Waals surface area contributed by atoms with E-state index in [1.807, 2.05) is 0 Å². The molecule has 0 aromatic carbocycles. The van der Waals surface area contributed by atoms with Gasteiger partial charge >= 0.3 is 0 Å². The van der Waals surface area contributed by atoms with Crippen molar-refractivity contribution in [3.8, 4) is 0 Å². The van der Waals surface area contributed by atoms with Crippen LogP contribution in [-0.4, -0.2) is 37.1 Å². The average molecular weight is 198 g/mol. The number of nitrogens with zero attached hydrogens (tertiary/aromatic N) is 1. The minimum atomic E-state index is 0.393. The molecule has 2 nitrogen and oxygen atoms in total. The molecular formula is C12H26N2. The molecule has 0 aromatic rings. The van der Waals surface area contributed by atoms with E-state index in [1.165, 1.54) is 19.6 Å². The molecule has 2 unspecified atom stereocenters. The normalized spacial score (nSPS) is 28.5. The molecule has 2 heteroatoms. The molecule has 1 heterocycles. The van der Waals surface area contributed by atoms with Crippen molar-refractivity contribution in [3.63, 3.8) is 0 Å². The summed E-state index contributed by atoms with van der Waals surface area (Å²) >= 11 is 0. The van der Waals surface area contributed by atoms with Crippen molar-refractivity contribution in [2.45, 2.75) is 40.7 Å². The molecule has 1 fully saturated rings. The van der Waals surface area contributed by atoms with Crippen molar-refractivity contribution in [1.29, 1.82) is 0 Å². The molecule has 1 saturated heterocycles. The Labute approximate surface area is 89.1 Å². The smallest absolute Gasteiger partial charge is 0.0116 e. The highest BCUT2D eigenvalue weighted by Crippen LogP contribution is 2.24. The first-order valence-corrected chi connectivity index (χ1v) is 5.86. The van der Waals surface area contributed by atoms with E-state index in [9.17, 15) is 0 Å². The summed E-state index contributed by atoms with van der Waals surface area (Å²) in [6, 6.07) is 0.671. The Balaban J connectivity index is 2.57. The van der Waals surface area contributed by atoms with Gasteiger partial charge < -0.3 is 5.32 Å². The van der Waals surface area contributed by atoms with Crippen LogP contribution in [0.2, 0.25) is 0 Å². The summed E-state index contributed by atoms with van der Waals surface area (Å²) in [5, 5.41) is 3.49. The predicted octanol–water partition coefficient (Wildman–Crippen LogP) is 1.96. The molecule has 1 N–H and O–H groups in total. The van der Waals surface area contributed by atoms with Gasteiger partial charge in [-0.1, -0.05) is 27.7 Å². The third-order valence-corrected chi connectivity index (χ3v) is 3.42. The number of nitrogens with one attached hydrogen (secondary N) is 1. The Morgan fingerprint density at radius 1 is 1.36 bits per heavy atom. The molecular weight excluding hydrogens is 172 g/mol. The monoisotopic (exact) mass is 198 g/mol. The average Bonchev–Trinajstić information content (AvgIpc) is 2.26. The molecule has 84 valence electrons. The lowest BCUT2D eigenvalue weighted by Gasteiger charge is -2.38. The lowest BCUT2D eigenvalue weighted by molar-refractivity contribution is 0.109. The molecule has 0 spiro atoms. The highest BCUT2D eigenvalue weighted by atomic mass is 15.2. The Hall–Kier alpha value is -0.0800. The van der Waals surface area contributed by atoms with E-state index in [0.717, 1.165) is 12.5 Å². The molecule has 2 atom stereocenters. The van der Waals surface area contributed by atoms with Crippen LogP contribution >= 0.6 is 0 Å². The van der Waals surface area contributed by atoms with Gasteiger partial charge in [0.2, 0.25) is 0 Å². The van der Waals surface area contributed by atoms with E-state index in [-0.39, 0.29) is 0 Å². The maximum Gasteiger partial charge on any atom is 0.0116 e. The predicted molar refractivity (Wildman–Crippen MR) is 62.5 cm³/mol. The number of hydrogen-bond donors (Lipinski definition) is 1. The van der Waals surface area contributed by atoms with E-state index in [0.29, 0.717) is 11.5 Å². The van der Waals surface area contributed by atoms with Crippen LogP contribution in [0.25, 0.3) is 0 Å². The molecule has 14 heavy (non-hydrogen) atoms. The van der Waals surface area contributed by atoms with Gasteiger partial charge in [-0.15, -0.1) is 0 Å². The lowest BCUT2D eigenvalue weighted by Crippen LogP contribution is -2.44. The second-order valence-electron chi connectivity index (χ2n) is 5.85. The second-order valence-corrected chi connectivity index (χ2v) is 5.85. The lowest BCUT2D eigenvalue weighted by atomic mass is 9.86. The van der Waals surface area contributed by atoms with Crippen LogP contribution in [0.15, 0.2) is 0 Å². The summed E-state index contributed by atoms with van der Waals surface area (Å²) in [5.74, 6) is 0.780. The first-order valence-electron chi connectivity index (χ1n) is 5.86. The van der Waals surface area contributed by atoms with E-state index in [1.54, 1.807) is 0 Å². The van der Waals surface area contributed by atoms with Crippen LogP contribution in [0.4, 0.5) is 0 Å².